The Balaban J connectivity index is 1.65. The van der Waals surface area contributed by atoms with E-state index >= 15 is 0 Å². The first-order valence-corrected chi connectivity index (χ1v) is 11.7. The van der Waals surface area contributed by atoms with Gasteiger partial charge in [0.05, 0.1) is 18.7 Å². The summed E-state index contributed by atoms with van der Waals surface area (Å²) < 4.78 is 0.729. The molecule has 0 aromatic heterocycles. The number of benzene rings is 3. The number of anilines is 1. The predicted octanol–water partition coefficient (Wildman–Crippen LogP) is 6.06. The Kier molecular flexibility index (Phi) is 6.52. The van der Waals surface area contributed by atoms with Gasteiger partial charge in [0.1, 0.15) is 0 Å². The fraction of sp³-hybridized carbons (Fsp3) is 0.231. The minimum absolute atomic E-state index is 0.271. The van der Waals surface area contributed by atoms with Crippen LogP contribution in [0, 0.1) is 0 Å². The first-order valence-electron chi connectivity index (χ1n) is 10.5. The zero-order chi connectivity index (χ0) is 22.9. The van der Waals surface area contributed by atoms with Crippen LogP contribution in [0.1, 0.15) is 46.8 Å². The maximum absolute atomic E-state index is 13.5. The van der Waals surface area contributed by atoms with Gasteiger partial charge in [0.2, 0.25) is 0 Å². The second kappa shape index (κ2) is 9.18. The van der Waals surface area contributed by atoms with Gasteiger partial charge in [-0.2, -0.15) is 0 Å². The van der Waals surface area contributed by atoms with E-state index in [2.05, 4.69) is 22.9 Å². The molecule has 164 valence electrons. The summed E-state index contributed by atoms with van der Waals surface area (Å²) in [6, 6.07) is 19.9. The van der Waals surface area contributed by atoms with E-state index in [1.54, 1.807) is 36.4 Å². The number of hydrogen-bond acceptors (Lipinski definition) is 3. The number of ketones is 1. The van der Waals surface area contributed by atoms with Gasteiger partial charge in [-0.05, 0) is 47.9 Å². The number of aliphatic hydroxyl groups is 1. The zero-order valence-electron chi connectivity index (χ0n) is 17.6. The van der Waals surface area contributed by atoms with Crippen LogP contribution in [0.4, 0.5) is 5.69 Å². The number of carbonyl (C=O) groups excluding carboxylic acids is 2. The fourth-order valence-corrected chi connectivity index (χ4v) is 4.59. The van der Waals surface area contributed by atoms with Gasteiger partial charge in [-0.15, -0.1) is 0 Å². The Morgan fingerprint density at radius 3 is 2.34 bits per heavy atom. The molecule has 1 N–H and O–H groups in total. The predicted molar refractivity (Wildman–Crippen MR) is 130 cm³/mol. The zero-order valence-corrected chi connectivity index (χ0v) is 20.0. The Bertz CT molecular complexity index is 1160. The number of carbonyl (C=O) groups is 2. The van der Waals surface area contributed by atoms with Crippen molar-refractivity contribution in [3.63, 3.8) is 0 Å². The van der Waals surface area contributed by atoms with Gasteiger partial charge >= 0.3 is 0 Å². The molecule has 1 heterocycles. The van der Waals surface area contributed by atoms with E-state index in [4.69, 9.17) is 11.6 Å². The van der Waals surface area contributed by atoms with E-state index in [-0.39, 0.29) is 18.7 Å². The fourth-order valence-electron chi connectivity index (χ4n) is 4.10. The molecule has 0 fully saturated rings. The van der Waals surface area contributed by atoms with Crippen molar-refractivity contribution in [2.45, 2.75) is 38.3 Å². The number of nitrogens with zero attached hydrogens (tertiary/aromatic N) is 1. The third kappa shape index (κ3) is 4.38. The van der Waals surface area contributed by atoms with E-state index in [0.717, 1.165) is 28.4 Å². The number of rotatable bonds is 7. The number of fused-ring (bicyclic) bond motifs is 1. The van der Waals surface area contributed by atoms with Gasteiger partial charge in [-0.3, -0.25) is 9.59 Å². The van der Waals surface area contributed by atoms with Gasteiger partial charge in [-0.1, -0.05) is 77.3 Å². The van der Waals surface area contributed by atoms with Crippen LogP contribution in [0.2, 0.25) is 5.02 Å². The average molecular weight is 513 g/mol. The minimum Gasteiger partial charge on any atom is -0.375 e. The van der Waals surface area contributed by atoms with E-state index in [1.165, 1.54) is 4.90 Å². The molecule has 0 saturated carbocycles. The van der Waals surface area contributed by atoms with Crippen LogP contribution in [0.5, 0.6) is 0 Å². The van der Waals surface area contributed by atoms with Crippen LogP contribution in [0.25, 0.3) is 0 Å². The van der Waals surface area contributed by atoms with Crippen molar-refractivity contribution in [2.24, 2.45) is 0 Å². The topological polar surface area (TPSA) is 57.6 Å². The van der Waals surface area contributed by atoms with Gasteiger partial charge in [0.25, 0.3) is 5.91 Å². The quantitative estimate of drug-likeness (QED) is 0.391. The van der Waals surface area contributed by atoms with Gasteiger partial charge in [0, 0.05) is 20.6 Å². The summed E-state index contributed by atoms with van der Waals surface area (Å²) in [5, 5.41) is 12.2. The second-order valence-corrected chi connectivity index (χ2v) is 9.44. The van der Waals surface area contributed by atoms with E-state index in [1.807, 2.05) is 30.3 Å². The Labute approximate surface area is 201 Å². The lowest BCUT2D eigenvalue weighted by Gasteiger charge is -2.23. The van der Waals surface area contributed by atoms with E-state index in [9.17, 15) is 14.7 Å². The molecular weight excluding hydrogens is 490 g/mol. The summed E-state index contributed by atoms with van der Waals surface area (Å²) in [7, 11) is 0. The number of hydrogen-bond donors (Lipinski definition) is 1. The van der Waals surface area contributed by atoms with E-state index in [0.29, 0.717) is 21.8 Å². The SMILES string of the molecule is CCCc1ccc(C(=O)CC2(O)C(=O)N(Cc3ccc(Cl)cc3)c3ccc(Br)cc32)cc1. The van der Waals surface area contributed by atoms with Crippen LogP contribution in [-0.4, -0.2) is 16.8 Å². The maximum atomic E-state index is 13.5. The Hall–Kier alpha value is -2.47. The summed E-state index contributed by atoms with van der Waals surface area (Å²) in [4.78, 5) is 28.0. The number of amides is 1. The highest BCUT2D eigenvalue weighted by molar-refractivity contribution is 9.10. The molecule has 0 radical (unpaired) electrons. The molecule has 32 heavy (non-hydrogen) atoms. The highest BCUT2D eigenvalue weighted by atomic mass is 79.9. The smallest absolute Gasteiger partial charge is 0.264 e. The molecule has 1 aliphatic heterocycles. The van der Waals surface area contributed by atoms with Gasteiger partial charge in [-0.25, -0.2) is 0 Å². The van der Waals surface area contributed by atoms with Gasteiger partial charge in [0.15, 0.2) is 11.4 Å². The Morgan fingerprint density at radius 1 is 1.03 bits per heavy atom. The van der Waals surface area contributed by atoms with Crippen molar-refractivity contribution in [2.75, 3.05) is 4.90 Å². The van der Waals surface area contributed by atoms with Crippen molar-refractivity contribution < 1.29 is 14.7 Å². The highest BCUT2D eigenvalue weighted by Gasteiger charge is 2.51. The Morgan fingerprint density at radius 2 is 1.69 bits per heavy atom. The summed E-state index contributed by atoms with van der Waals surface area (Å²) >= 11 is 9.40. The van der Waals surface area contributed by atoms with Crippen molar-refractivity contribution in [1.29, 1.82) is 0 Å². The summed E-state index contributed by atoms with van der Waals surface area (Å²) in [5.74, 6) is -0.778. The van der Waals surface area contributed by atoms with Crippen LogP contribution in [0.3, 0.4) is 0 Å². The molecular formula is C26H23BrClNO3. The monoisotopic (exact) mass is 511 g/mol. The van der Waals surface area contributed by atoms with Crippen LogP contribution in [0.15, 0.2) is 71.2 Å². The lowest BCUT2D eigenvalue weighted by atomic mass is 9.88. The van der Waals surface area contributed by atoms with Crippen molar-refractivity contribution >= 4 is 44.9 Å². The molecule has 0 spiro atoms. The van der Waals surface area contributed by atoms with Crippen molar-refractivity contribution in [3.05, 3.63) is 98.5 Å². The molecule has 3 aromatic carbocycles. The normalized spacial score (nSPS) is 17.5. The van der Waals surface area contributed by atoms with Gasteiger partial charge < -0.3 is 10.0 Å². The standard InChI is InChI=1S/C26H23BrClNO3/c1-2-3-17-4-8-19(9-5-17)24(30)15-26(32)22-14-20(27)10-13-23(22)29(25(26)31)16-18-6-11-21(28)12-7-18/h4-14,32H,2-3,15-16H2,1H3. The molecule has 0 aliphatic carbocycles. The van der Waals surface area contributed by atoms with Crippen molar-refractivity contribution in [3.8, 4) is 0 Å². The molecule has 1 amide bonds. The third-order valence-electron chi connectivity index (χ3n) is 5.78. The van der Waals surface area contributed by atoms with Crippen LogP contribution < -0.4 is 4.90 Å². The lowest BCUT2D eigenvalue weighted by Crippen LogP contribution is -2.41. The average Bonchev–Trinajstić information content (AvgIpc) is 2.97. The lowest BCUT2D eigenvalue weighted by molar-refractivity contribution is -0.136. The molecule has 1 aliphatic rings. The van der Waals surface area contributed by atoms with Crippen LogP contribution >= 0.6 is 27.5 Å². The van der Waals surface area contributed by atoms with Crippen molar-refractivity contribution in [1.82, 2.24) is 0 Å². The summed E-state index contributed by atoms with van der Waals surface area (Å²) in [5.41, 5.74) is 1.62. The number of Topliss-reactive ketones (excluding diaryl/α,β-unsaturated/α-hetero) is 1. The molecule has 0 bridgehead atoms. The molecule has 4 nitrogen and oxygen atoms in total. The first-order chi connectivity index (χ1) is 15.3. The number of halogens is 2. The molecule has 6 heteroatoms. The molecule has 1 atom stereocenters. The first kappa shape index (κ1) is 22.7. The number of aryl methyl sites for hydroxylation is 1. The maximum Gasteiger partial charge on any atom is 0.264 e. The second-order valence-electron chi connectivity index (χ2n) is 8.09. The molecule has 0 saturated heterocycles. The summed E-state index contributed by atoms with van der Waals surface area (Å²) in [6.45, 7) is 2.37. The minimum atomic E-state index is -1.93. The highest BCUT2D eigenvalue weighted by Crippen LogP contribution is 2.44. The third-order valence-corrected chi connectivity index (χ3v) is 6.52. The molecule has 4 rings (SSSR count). The van der Waals surface area contributed by atoms with E-state index < -0.39 is 11.5 Å². The molecule has 3 aromatic rings. The summed E-state index contributed by atoms with van der Waals surface area (Å²) in [6.07, 6.45) is 1.65. The molecule has 1 unspecified atom stereocenters. The largest absolute Gasteiger partial charge is 0.375 e. The van der Waals surface area contributed by atoms with Crippen LogP contribution in [-0.2, 0) is 23.4 Å².